The van der Waals surface area contributed by atoms with Gasteiger partial charge in [0.05, 0.1) is 11.6 Å². The largest absolute Gasteiger partial charge is 0.348 e. The highest BCUT2D eigenvalue weighted by Crippen LogP contribution is 2.24. The number of aromatic nitrogens is 4. The topological polar surface area (TPSA) is 99.0 Å². The van der Waals surface area contributed by atoms with Gasteiger partial charge in [-0.15, -0.1) is 10.2 Å². The number of carbonyl (C=O) groups is 2. The van der Waals surface area contributed by atoms with Crippen molar-refractivity contribution in [2.75, 3.05) is 40.8 Å². The Kier molecular flexibility index (Phi) is 5.81. The van der Waals surface area contributed by atoms with Crippen molar-refractivity contribution in [1.82, 2.24) is 39.6 Å². The summed E-state index contributed by atoms with van der Waals surface area (Å²) in [6, 6.07) is 7.11. The van der Waals surface area contributed by atoms with E-state index in [2.05, 4.69) is 25.4 Å². The third kappa shape index (κ3) is 4.33. The number of fused-ring (bicyclic) bond motifs is 1. The van der Waals surface area contributed by atoms with Crippen molar-refractivity contribution >= 4 is 17.6 Å². The normalized spacial score (nSPS) is 17.0. The van der Waals surface area contributed by atoms with Gasteiger partial charge in [-0.3, -0.25) is 19.1 Å². The summed E-state index contributed by atoms with van der Waals surface area (Å²) in [6.45, 7) is 2.28. The molecule has 1 aliphatic heterocycles. The Morgan fingerprint density at radius 2 is 2.03 bits per heavy atom. The number of nitrogens with zero attached hydrogens (tertiary/aromatic N) is 7. The van der Waals surface area contributed by atoms with Crippen molar-refractivity contribution in [2.24, 2.45) is 0 Å². The molecule has 10 heteroatoms. The second-order valence-corrected chi connectivity index (χ2v) is 7.87. The summed E-state index contributed by atoms with van der Waals surface area (Å²) < 4.78 is 1.84. The van der Waals surface area contributed by atoms with Crippen molar-refractivity contribution in [1.29, 1.82) is 0 Å². The summed E-state index contributed by atoms with van der Waals surface area (Å²) in [4.78, 5) is 34.8. The summed E-state index contributed by atoms with van der Waals surface area (Å²) >= 11 is 0. The van der Waals surface area contributed by atoms with Gasteiger partial charge in [0.15, 0.2) is 11.5 Å². The highest BCUT2D eigenvalue weighted by Gasteiger charge is 2.32. The summed E-state index contributed by atoms with van der Waals surface area (Å²) in [5.41, 5.74) is 2.09. The Morgan fingerprint density at radius 1 is 1.19 bits per heavy atom. The second-order valence-electron chi connectivity index (χ2n) is 7.87. The molecule has 3 amide bonds. The van der Waals surface area contributed by atoms with Gasteiger partial charge in [0.25, 0.3) is 5.91 Å². The summed E-state index contributed by atoms with van der Waals surface area (Å²) in [7, 11) is 5.50. The van der Waals surface area contributed by atoms with Gasteiger partial charge in [0.2, 0.25) is 0 Å². The van der Waals surface area contributed by atoms with Crippen LogP contribution < -0.4 is 5.32 Å². The number of hydrogen-bond acceptors (Lipinski definition) is 6. The van der Waals surface area contributed by atoms with Crippen molar-refractivity contribution in [2.45, 2.75) is 12.6 Å². The minimum absolute atomic E-state index is 0.0256. The number of piperazine rings is 1. The number of likely N-dealkylation sites (N-methyl/N-ethyl adjacent to an activating group) is 1. The Bertz CT molecular complexity index is 1080. The molecule has 31 heavy (non-hydrogen) atoms. The minimum atomic E-state index is -0.188. The lowest BCUT2D eigenvalue weighted by molar-refractivity contribution is 0.0933. The van der Waals surface area contributed by atoms with Crippen LogP contribution in [0.25, 0.3) is 5.65 Å². The van der Waals surface area contributed by atoms with Crippen LogP contribution in [0.4, 0.5) is 4.79 Å². The first-order chi connectivity index (χ1) is 14.9. The Balaban J connectivity index is 1.56. The molecule has 10 nitrogen and oxygen atoms in total. The average Bonchev–Trinajstić information content (AvgIpc) is 3.21. The summed E-state index contributed by atoms with van der Waals surface area (Å²) in [6.07, 6.45) is 5.17. The molecule has 162 valence electrons. The molecule has 1 N–H and O–H groups in total. The third-order valence-corrected chi connectivity index (χ3v) is 5.47. The monoisotopic (exact) mass is 422 g/mol. The van der Waals surface area contributed by atoms with E-state index in [1.807, 2.05) is 28.5 Å². The molecule has 0 aliphatic carbocycles. The number of pyridine rings is 2. The molecule has 4 rings (SSSR count). The van der Waals surface area contributed by atoms with Crippen LogP contribution in [-0.2, 0) is 6.54 Å². The Morgan fingerprint density at radius 3 is 2.77 bits per heavy atom. The molecule has 1 atom stereocenters. The number of nitrogens with one attached hydrogen (secondary N) is 1. The van der Waals surface area contributed by atoms with Crippen LogP contribution >= 0.6 is 0 Å². The molecule has 0 radical (unpaired) electrons. The fourth-order valence-electron chi connectivity index (χ4n) is 3.67. The zero-order valence-corrected chi connectivity index (χ0v) is 17.9. The smallest absolute Gasteiger partial charge is 0.319 e. The average molecular weight is 422 g/mol. The molecule has 3 aromatic rings. The first kappa shape index (κ1) is 20.7. The van der Waals surface area contributed by atoms with Gasteiger partial charge in [-0.2, -0.15) is 0 Å². The molecule has 1 unspecified atom stereocenters. The van der Waals surface area contributed by atoms with Gasteiger partial charge in [0, 0.05) is 58.9 Å². The fourth-order valence-corrected chi connectivity index (χ4v) is 3.67. The first-order valence-electron chi connectivity index (χ1n) is 10.1. The minimum Gasteiger partial charge on any atom is -0.348 e. The van der Waals surface area contributed by atoms with Crippen LogP contribution in [0.1, 0.15) is 27.8 Å². The maximum Gasteiger partial charge on any atom is 0.319 e. The molecular weight excluding hydrogens is 396 g/mol. The lowest BCUT2D eigenvalue weighted by atomic mass is 10.1. The van der Waals surface area contributed by atoms with E-state index >= 15 is 0 Å². The number of rotatable bonds is 4. The van der Waals surface area contributed by atoms with Gasteiger partial charge in [-0.05, 0) is 30.8 Å². The van der Waals surface area contributed by atoms with Crippen molar-refractivity contribution in [3.8, 4) is 0 Å². The quantitative estimate of drug-likeness (QED) is 0.674. The molecule has 1 aliphatic rings. The Hall–Kier alpha value is -3.53. The van der Waals surface area contributed by atoms with Crippen molar-refractivity contribution in [3.05, 3.63) is 59.8 Å². The van der Waals surface area contributed by atoms with Crippen LogP contribution in [0.3, 0.4) is 0 Å². The number of carbonyl (C=O) groups excluding carboxylic acids is 2. The zero-order chi connectivity index (χ0) is 22.0. The van der Waals surface area contributed by atoms with E-state index in [1.165, 1.54) is 0 Å². The molecular formula is C21H26N8O2. The number of hydrogen-bond donors (Lipinski definition) is 1. The van der Waals surface area contributed by atoms with Gasteiger partial charge in [0.1, 0.15) is 0 Å². The van der Waals surface area contributed by atoms with Crippen LogP contribution in [0, 0.1) is 0 Å². The zero-order valence-electron chi connectivity index (χ0n) is 17.9. The summed E-state index contributed by atoms with van der Waals surface area (Å²) in [5, 5.41) is 11.6. The molecule has 3 aromatic heterocycles. The number of urea groups is 1. The molecule has 0 bridgehead atoms. The molecule has 4 heterocycles. The van der Waals surface area contributed by atoms with Gasteiger partial charge in [-0.1, -0.05) is 6.07 Å². The van der Waals surface area contributed by atoms with E-state index in [9.17, 15) is 9.59 Å². The van der Waals surface area contributed by atoms with Crippen LogP contribution in [0.15, 0.2) is 42.9 Å². The van der Waals surface area contributed by atoms with E-state index in [1.54, 1.807) is 49.7 Å². The molecule has 0 aromatic carbocycles. The lowest BCUT2D eigenvalue weighted by Crippen LogP contribution is -2.52. The van der Waals surface area contributed by atoms with E-state index in [-0.39, 0.29) is 18.0 Å². The van der Waals surface area contributed by atoms with Crippen molar-refractivity contribution < 1.29 is 9.59 Å². The van der Waals surface area contributed by atoms with E-state index in [0.29, 0.717) is 36.7 Å². The maximum atomic E-state index is 12.7. The standard InChI is InChI=1S/C21H26N8O2/c1-26(2)21(31)28-10-9-27(3)17(14-28)19-25-24-18-7-6-16(13-29(18)19)20(30)23-12-15-5-4-8-22-11-15/h4-8,11,13,17H,9-10,12,14H2,1-3H3,(H,23,30). The van der Waals surface area contributed by atoms with Gasteiger partial charge >= 0.3 is 6.03 Å². The maximum absolute atomic E-state index is 12.7. The SMILES string of the molecule is CN(C)C(=O)N1CCN(C)C(c2nnc3ccc(C(=O)NCc4cccnc4)cn23)C1. The molecule has 0 spiro atoms. The summed E-state index contributed by atoms with van der Waals surface area (Å²) in [5.74, 6) is 0.516. The van der Waals surface area contributed by atoms with Gasteiger partial charge < -0.3 is 15.1 Å². The van der Waals surface area contributed by atoms with Crippen LogP contribution in [-0.4, -0.2) is 87.0 Å². The van der Waals surface area contributed by atoms with Crippen LogP contribution in [0.5, 0.6) is 0 Å². The van der Waals surface area contributed by atoms with E-state index < -0.39 is 0 Å². The fraction of sp³-hybridized carbons (Fsp3) is 0.381. The predicted octanol–water partition coefficient (Wildman–Crippen LogP) is 1.02. The first-order valence-corrected chi connectivity index (χ1v) is 10.1. The second kappa shape index (κ2) is 8.68. The highest BCUT2D eigenvalue weighted by atomic mass is 16.2. The Labute approximate surface area is 180 Å². The van der Waals surface area contributed by atoms with Crippen molar-refractivity contribution in [3.63, 3.8) is 0 Å². The predicted molar refractivity (Wildman–Crippen MR) is 114 cm³/mol. The molecule has 0 saturated carbocycles. The third-order valence-electron chi connectivity index (χ3n) is 5.47. The lowest BCUT2D eigenvalue weighted by Gasteiger charge is -2.39. The number of amides is 3. The van der Waals surface area contributed by atoms with Crippen LogP contribution in [0.2, 0.25) is 0 Å². The highest BCUT2D eigenvalue weighted by molar-refractivity contribution is 5.94. The molecule has 1 saturated heterocycles. The van der Waals surface area contributed by atoms with E-state index in [4.69, 9.17) is 0 Å². The van der Waals surface area contributed by atoms with Gasteiger partial charge in [-0.25, -0.2) is 4.79 Å². The molecule has 1 fully saturated rings. The van der Waals surface area contributed by atoms with E-state index in [0.717, 1.165) is 12.1 Å².